The van der Waals surface area contributed by atoms with E-state index < -0.39 is 5.82 Å². The third-order valence-corrected chi connectivity index (χ3v) is 1.74. The lowest BCUT2D eigenvalue weighted by Gasteiger charge is -2.07. The summed E-state index contributed by atoms with van der Waals surface area (Å²) in [4.78, 5) is 0. The van der Waals surface area contributed by atoms with Crippen LogP contribution < -0.4 is 15.2 Å². The van der Waals surface area contributed by atoms with Crippen molar-refractivity contribution in [3.8, 4) is 11.5 Å². The minimum Gasteiger partial charge on any atom is -0.494 e. The normalized spacial score (nSPS) is 9.93. The van der Waals surface area contributed by atoms with Gasteiger partial charge in [-0.1, -0.05) is 0 Å². The highest BCUT2D eigenvalue weighted by Crippen LogP contribution is 2.22. The zero-order chi connectivity index (χ0) is 10.4. The SMILES string of the molecule is COc1cc(OCCCN)ccc1F. The van der Waals surface area contributed by atoms with E-state index in [0.29, 0.717) is 18.9 Å². The highest BCUT2D eigenvalue weighted by molar-refractivity contribution is 5.34. The molecule has 1 aromatic rings. The highest BCUT2D eigenvalue weighted by Gasteiger charge is 2.03. The van der Waals surface area contributed by atoms with Gasteiger partial charge in [0.15, 0.2) is 11.6 Å². The second-order valence-corrected chi connectivity index (χ2v) is 2.79. The Morgan fingerprint density at radius 3 is 2.86 bits per heavy atom. The smallest absolute Gasteiger partial charge is 0.165 e. The summed E-state index contributed by atoms with van der Waals surface area (Å²) in [6.07, 6.45) is 0.777. The Balaban J connectivity index is 2.60. The molecule has 4 heteroatoms. The summed E-state index contributed by atoms with van der Waals surface area (Å²) in [5.41, 5.74) is 5.31. The minimum atomic E-state index is -0.390. The van der Waals surface area contributed by atoms with Crippen molar-refractivity contribution in [2.24, 2.45) is 5.73 Å². The molecule has 14 heavy (non-hydrogen) atoms. The molecule has 0 aliphatic heterocycles. The topological polar surface area (TPSA) is 44.5 Å². The van der Waals surface area contributed by atoms with E-state index in [4.69, 9.17) is 15.2 Å². The molecule has 78 valence electrons. The van der Waals surface area contributed by atoms with Crippen LogP contribution in [0.5, 0.6) is 11.5 Å². The average molecular weight is 199 g/mol. The molecule has 0 spiro atoms. The van der Waals surface area contributed by atoms with E-state index in [9.17, 15) is 4.39 Å². The summed E-state index contributed by atoms with van der Waals surface area (Å²) < 4.78 is 23.1. The number of rotatable bonds is 5. The van der Waals surface area contributed by atoms with Crippen LogP contribution in [0.1, 0.15) is 6.42 Å². The monoisotopic (exact) mass is 199 g/mol. The lowest BCUT2D eigenvalue weighted by Crippen LogP contribution is -2.06. The molecule has 3 nitrogen and oxygen atoms in total. The van der Waals surface area contributed by atoms with Crippen LogP contribution in [-0.4, -0.2) is 20.3 Å². The predicted molar refractivity (Wildman–Crippen MR) is 52.1 cm³/mol. The molecule has 1 aromatic carbocycles. The summed E-state index contributed by atoms with van der Waals surface area (Å²) >= 11 is 0. The Labute approximate surface area is 82.6 Å². The van der Waals surface area contributed by atoms with Gasteiger partial charge in [-0.05, 0) is 25.1 Å². The number of methoxy groups -OCH3 is 1. The van der Waals surface area contributed by atoms with Gasteiger partial charge < -0.3 is 15.2 Å². The Morgan fingerprint density at radius 1 is 1.43 bits per heavy atom. The number of halogens is 1. The van der Waals surface area contributed by atoms with Gasteiger partial charge in [-0.15, -0.1) is 0 Å². The molecule has 0 aliphatic rings. The number of nitrogens with two attached hydrogens (primary N) is 1. The Hall–Kier alpha value is -1.29. The van der Waals surface area contributed by atoms with Crippen LogP contribution >= 0.6 is 0 Å². The molecule has 0 radical (unpaired) electrons. The second-order valence-electron chi connectivity index (χ2n) is 2.79. The Morgan fingerprint density at radius 2 is 2.21 bits per heavy atom. The van der Waals surface area contributed by atoms with Gasteiger partial charge in [0, 0.05) is 6.07 Å². The lowest BCUT2D eigenvalue weighted by atomic mass is 10.3. The van der Waals surface area contributed by atoms with Gasteiger partial charge in [0.05, 0.1) is 13.7 Å². The van der Waals surface area contributed by atoms with Crippen LogP contribution in [0.2, 0.25) is 0 Å². The van der Waals surface area contributed by atoms with Crippen LogP contribution in [0.15, 0.2) is 18.2 Å². The third kappa shape index (κ3) is 2.88. The fourth-order valence-electron chi connectivity index (χ4n) is 1.00. The van der Waals surface area contributed by atoms with Gasteiger partial charge in [-0.3, -0.25) is 0 Å². The van der Waals surface area contributed by atoms with E-state index in [1.807, 2.05) is 0 Å². The number of hydrogen-bond acceptors (Lipinski definition) is 3. The van der Waals surface area contributed by atoms with E-state index in [2.05, 4.69) is 0 Å². The van der Waals surface area contributed by atoms with Crippen molar-refractivity contribution in [1.29, 1.82) is 0 Å². The first-order chi connectivity index (χ1) is 6.77. The van der Waals surface area contributed by atoms with Gasteiger partial charge in [0.2, 0.25) is 0 Å². The number of hydrogen-bond donors (Lipinski definition) is 1. The molecular formula is C10H14FNO2. The van der Waals surface area contributed by atoms with Gasteiger partial charge >= 0.3 is 0 Å². The lowest BCUT2D eigenvalue weighted by molar-refractivity contribution is 0.308. The van der Waals surface area contributed by atoms with E-state index >= 15 is 0 Å². The first kappa shape index (κ1) is 10.8. The van der Waals surface area contributed by atoms with Gasteiger partial charge in [-0.2, -0.15) is 0 Å². The van der Waals surface area contributed by atoms with Crippen molar-refractivity contribution in [2.75, 3.05) is 20.3 Å². The molecule has 0 atom stereocenters. The van der Waals surface area contributed by atoms with Crippen molar-refractivity contribution < 1.29 is 13.9 Å². The Kier molecular flexibility index (Phi) is 4.19. The summed E-state index contributed by atoms with van der Waals surface area (Å²) in [7, 11) is 1.42. The van der Waals surface area contributed by atoms with E-state index in [0.717, 1.165) is 6.42 Å². The van der Waals surface area contributed by atoms with Gasteiger partial charge in [-0.25, -0.2) is 4.39 Å². The molecule has 0 heterocycles. The maximum absolute atomic E-state index is 13.0. The first-order valence-electron chi connectivity index (χ1n) is 4.44. The maximum Gasteiger partial charge on any atom is 0.165 e. The number of ether oxygens (including phenoxy) is 2. The molecule has 0 saturated heterocycles. The minimum absolute atomic E-state index is 0.190. The quantitative estimate of drug-likeness (QED) is 0.732. The van der Waals surface area contributed by atoms with Crippen molar-refractivity contribution in [1.82, 2.24) is 0 Å². The van der Waals surface area contributed by atoms with Crippen molar-refractivity contribution in [3.63, 3.8) is 0 Å². The molecule has 0 aromatic heterocycles. The molecule has 0 fully saturated rings. The highest BCUT2D eigenvalue weighted by atomic mass is 19.1. The third-order valence-electron chi connectivity index (χ3n) is 1.74. The van der Waals surface area contributed by atoms with Crippen LogP contribution in [0.25, 0.3) is 0 Å². The summed E-state index contributed by atoms with van der Waals surface area (Å²) in [6.45, 7) is 1.11. The summed E-state index contributed by atoms with van der Waals surface area (Å²) in [6, 6.07) is 4.40. The van der Waals surface area contributed by atoms with Gasteiger partial charge in [0.25, 0.3) is 0 Å². The standard InChI is InChI=1S/C10H14FNO2/c1-13-10-7-8(3-4-9(10)11)14-6-2-5-12/h3-4,7H,2,5-6,12H2,1H3. The average Bonchev–Trinajstić information content (AvgIpc) is 2.21. The second kappa shape index (κ2) is 5.44. The fraction of sp³-hybridized carbons (Fsp3) is 0.400. The van der Waals surface area contributed by atoms with Crippen LogP contribution in [-0.2, 0) is 0 Å². The molecule has 0 saturated carbocycles. The van der Waals surface area contributed by atoms with Crippen molar-refractivity contribution in [3.05, 3.63) is 24.0 Å². The first-order valence-corrected chi connectivity index (χ1v) is 4.44. The zero-order valence-electron chi connectivity index (χ0n) is 8.13. The number of benzene rings is 1. The van der Waals surface area contributed by atoms with Gasteiger partial charge in [0.1, 0.15) is 5.75 Å². The Bertz CT molecular complexity index is 291. The largest absolute Gasteiger partial charge is 0.494 e. The van der Waals surface area contributed by atoms with E-state index in [1.165, 1.54) is 19.2 Å². The molecule has 0 aliphatic carbocycles. The van der Waals surface area contributed by atoms with Crippen molar-refractivity contribution >= 4 is 0 Å². The van der Waals surface area contributed by atoms with Crippen molar-refractivity contribution in [2.45, 2.75) is 6.42 Å². The summed E-state index contributed by atoms with van der Waals surface area (Å²) in [5.74, 6) is 0.394. The van der Waals surface area contributed by atoms with E-state index in [-0.39, 0.29) is 5.75 Å². The molecule has 0 bridgehead atoms. The fourth-order valence-corrected chi connectivity index (χ4v) is 1.00. The molecule has 0 amide bonds. The molecule has 1 rings (SSSR count). The van der Waals surface area contributed by atoms with Crippen LogP contribution in [0.3, 0.4) is 0 Å². The zero-order valence-corrected chi connectivity index (χ0v) is 8.13. The van der Waals surface area contributed by atoms with Crippen LogP contribution in [0.4, 0.5) is 4.39 Å². The molecule has 0 unspecified atom stereocenters. The van der Waals surface area contributed by atoms with E-state index in [1.54, 1.807) is 6.07 Å². The summed E-state index contributed by atoms with van der Waals surface area (Å²) in [5, 5.41) is 0. The maximum atomic E-state index is 13.0. The predicted octanol–water partition coefficient (Wildman–Crippen LogP) is 1.56. The van der Waals surface area contributed by atoms with Crippen LogP contribution in [0, 0.1) is 5.82 Å². The molecule has 2 N–H and O–H groups in total. The molecular weight excluding hydrogens is 185 g/mol.